The summed E-state index contributed by atoms with van der Waals surface area (Å²) in [6.07, 6.45) is 4.96. The van der Waals surface area contributed by atoms with Crippen LogP contribution in [0.25, 0.3) is 0 Å². The maximum Gasteiger partial charge on any atom is 0.0700 e. The molecule has 0 amide bonds. The fraction of sp³-hybridized carbons (Fsp3) is 0.538. The summed E-state index contributed by atoms with van der Waals surface area (Å²) in [5.41, 5.74) is 1.34. The van der Waals surface area contributed by atoms with E-state index in [1.165, 1.54) is 23.3 Å². The normalized spacial score (nSPS) is 19.0. The molecule has 17 heavy (non-hydrogen) atoms. The fourth-order valence-electron chi connectivity index (χ4n) is 1.93. The van der Waals surface area contributed by atoms with Crippen molar-refractivity contribution >= 4 is 24.2 Å². The highest BCUT2D eigenvalue weighted by Crippen LogP contribution is 2.15. The van der Waals surface area contributed by atoms with Gasteiger partial charge in [0, 0.05) is 24.6 Å². The van der Waals surface area contributed by atoms with Gasteiger partial charge in [-0.2, -0.15) is 0 Å². The molecule has 1 fully saturated rings. The van der Waals surface area contributed by atoms with Crippen LogP contribution in [0.2, 0.25) is 0 Å². The van der Waals surface area contributed by atoms with E-state index < -0.39 is 0 Å². The third-order valence-electron chi connectivity index (χ3n) is 2.88. The number of hydrogen-bond donors (Lipinski definition) is 1. The zero-order chi connectivity index (χ0) is 11.2. The monoisotopic (exact) mass is 273 g/mol. The van der Waals surface area contributed by atoms with Gasteiger partial charge in [-0.15, -0.1) is 24.2 Å². The number of thioether (sulfide) groups is 1. The highest BCUT2D eigenvalue weighted by Gasteiger charge is 2.14. The van der Waals surface area contributed by atoms with E-state index >= 15 is 0 Å². The fourth-order valence-corrected chi connectivity index (χ4v) is 2.33. The van der Waals surface area contributed by atoms with Gasteiger partial charge in [-0.1, -0.05) is 12.1 Å². The Bertz CT molecular complexity index is 312. The number of nitrogens with one attached hydrogen (secondary N) is 1. The molecule has 0 bridgehead atoms. The quantitative estimate of drug-likeness (QED) is 0.833. The van der Waals surface area contributed by atoms with Gasteiger partial charge in [0.25, 0.3) is 0 Å². The lowest BCUT2D eigenvalue weighted by molar-refractivity contribution is 0.110. The van der Waals surface area contributed by atoms with Crippen LogP contribution in [0.1, 0.15) is 18.4 Å². The zero-order valence-corrected chi connectivity index (χ0v) is 11.8. The number of halogens is 1. The van der Waals surface area contributed by atoms with Crippen LogP contribution >= 0.6 is 24.2 Å². The summed E-state index contributed by atoms with van der Waals surface area (Å²) >= 11 is 1.78. The zero-order valence-electron chi connectivity index (χ0n) is 10.1. The molecule has 1 heterocycles. The molecule has 2 nitrogen and oxygen atoms in total. The molecule has 0 saturated carbocycles. The van der Waals surface area contributed by atoms with Crippen LogP contribution in [0.15, 0.2) is 29.2 Å². The SMILES string of the molecule is CSc1ccc(CNCC2CCCO2)cc1.Cl. The maximum atomic E-state index is 5.56. The average Bonchev–Trinajstić information content (AvgIpc) is 2.83. The van der Waals surface area contributed by atoms with Crippen LogP contribution in [0.5, 0.6) is 0 Å². The van der Waals surface area contributed by atoms with Crippen LogP contribution in [0.3, 0.4) is 0 Å². The first-order valence-corrected chi connectivity index (χ1v) is 7.06. The van der Waals surface area contributed by atoms with Gasteiger partial charge in [0.2, 0.25) is 0 Å². The lowest BCUT2D eigenvalue weighted by Gasteiger charge is -2.10. The number of hydrogen-bond acceptors (Lipinski definition) is 3. The van der Waals surface area contributed by atoms with Gasteiger partial charge >= 0.3 is 0 Å². The minimum Gasteiger partial charge on any atom is -0.377 e. The summed E-state index contributed by atoms with van der Waals surface area (Å²) in [6.45, 7) is 2.85. The van der Waals surface area contributed by atoms with Crippen LogP contribution in [0.4, 0.5) is 0 Å². The second-order valence-corrected chi connectivity index (χ2v) is 4.99. The second kappa shape index (κ2) is 7.98. The molecule has 1 aliphatic rings. The molecule has 0 aromatic heterocycles. The summed E-state index contributed by atoms with van der Waals surface area (Å²) < 4.78 is 5.56. The van der Waals surface area contributed by atoms with Crippen LogP contribution in [-0.4, -0.2) is 25.5 Å². The molecule has 96 valence electrons. The largest absolute Gasteiger partial charge is 0.377 e. The molecule has 0 aliphatic carbocycles. The van der Waals surface area contributed by atoms with E-state index in [0.717, 1.165) is 19.7 Å². The third-order valence-corrected chi connectivity index (χ3v) is 3.63. The standard InChI is InChI=1S/C13H19NOS.ClH/c1-16-13-6-4-11(5-7-13)9-14-10-12-3-2-8-15-12;/h4-7,12,14H,2-3,8-10H2,1H3;1H. The molecule has 1 unspecified atom stereocenters. The van der Waals surface area contributed by atoms with Crippen molar-refractivity contribution in [2.75, 3.05) is 19.4 Å². The summed E-state index contributed by atoms with van der Waals surface area (Å²) in [5.74, 6) is 0. The van der Waals surface area contributed by atoms with Gasteiger partial charge in [-0.3, -0.25) is 0 Å². The molecule has 1 aliphatic heterocycles. The smallest absolute Gasteiger partial charge is 0.0700 e. The molecule has 1 N–H and O–H groups in total. The first-order valence-electron chi connectivity index (χ1n) is 5.84. The predicted octanol–water partition coefficient (Wildman–Crippen LogP) is 3.10. The van der Waals surface area contributed by atoms with Gasteiger partial charge in [-0.25, -0.2) is 0 Å². The Kier molecular flexibility index (Phi) is 6.97. The molecule has 0 spiro atoms. The Labute approximate surface area is 114 Å². The molecule has 2 rings (SSSR count). The van der Waals surface area contributed by atoms with Crippen LogP contribution in [-0.2, 0) is 11.3 Å². The van der Waals surface area contributed by atoms with Crippen molar-refractivity contribution in [1.29, 1.82) is 0 Å². The Morgan fingerprint density at radius 1 is 1.35 bits per heavy atom. The van der Waals surface area contributed by atoms with Crippen molar-refractivity contribution in [3.63, 3.8) is 0 Å². The van der Waals surface area contributed by atoms with E-state index in [0.29, 0.717) is 6.10 Å². The predicted molar refractivity (Wildman–Crippen MR) is 76.2 cm³/mol. The minimum absolute atomic E-state index is 0. The molecule has 1 aromatic carbocycles. The minimum atomic E-state index is 0. The van der Waals surface area contributed by atoms with Crippen LogP contribution < -0.4 is 5.32 Å². The number of rotatable bonds is 5. The molecule has 4 heteroatoms. The maximum absolute atomic E-state index is 5.56. The molecule has 0 radical (unpaired) electrons. The van der Waals surface area contributed by atoms with Crippen molar-refractivity contribution < 1.29 is 4.74 Å². The van der Waals surface area contributed by atoms with E-state index in [1.54, 1.807) is 11.8 Å². The van der Waals surface area contributed by atoms with E-state index in [-0.39, 0.29) is 12.4 Å². The van der Waals surface area contributed by atoms with Gasteiger partial charge < -0.3 is 10.1 Å². The summed E-state index contributed by atoms with van der Waals surface area (Å²) in [4.78, 5) is 1.32. The molecule has 1 aromatic rings. The summed E-state index contributed by atoms with van der Waals surface area (Å²) in [5, 5.41) is 3.45. The van der Waals surface area contributed by atoms with E-state index in [2.05, 4.69) is 35.8 Å². The van der Waals surface area contributed by atoms with Gasteiger partial charge in [0.1, 0.15) is 0 Å². The summed E-state index contributed by atoms with van der Waals surface area (Å²) in [7, 11) is 0. The van der Waals surface area contributed by atoms with Gasteiger partial charge in [0.15, 0.2) is 0 Å². The Hall–Kier alpha value is -0.220. The first kappa shape index (κ1) is 14.8. The Balaban J connectivity index is 0.00000144. The molecule has 1 saturated heterocycles. The summed E-state index contributed by atoms with van der Waals surface area (Å²) in [6, 6.07) is 8.73. The van der Waals surface area contributed by atoms with Crippen molar-refractivity contribution in [3.8, 4) is 0 Å². The van der Waals surface area contributed by atoms with Gasteiger partial charge in [0.05, 0.1) is 6.10 Å². The van der Waals surface area contributed by atoms with E-state index in [4.69, 9.17) is 4.74 Å². The molecule has 1 atom stereocenters. The third kappa shape index (κ3) is 4.88. The number of benzene rings is 1. The molecular formula is C13H20ClNOS. The van der Waals surface area contributed by atoms with Crippen molar-refractivity contribution in [3.05, 3.63) is 29.8 Å². The molecular weight excluding hydrogens is 254 g/mol. The van der Waals surface area contributed by atoms with E-state index in [1.807, 2.05) is 0 Å². The highest BCUT2D eigenvalue weighted by atomic mass is 35.5. The topological polar surface area (TPSA) is 21.3 Å². The Morgan fingerprint density at radius 3 is 2.71 bits per heavy atom. The average molecular weight is 274 g/mol. The van der Waals surface area contributed by atoms with Crippen molar-refractivity contribution in [2.45, 2.75) is 30.4 Å². The highest BCUT2D eigenvalue weighted by molar-refractivity contribution is 7.98. The van der Waals surface area contributed by atoms with Crippen molar-refractivity contribution in [2.24, 2.45) is 0 Å². The second-order valence-electron chi connectivity index (χ2n) is 4.11. The van der Waals surface area contributed by atoms with Gasteiger partial charge in [-0.05, 0) is 36.8 Å². The van der Waals surface area contributed by atoms with Crippen LogP contribution in [0, 0.1) is 0 Å². The number of ether oxygens (including phenoxy) is 1. The lowest BCUT2D eigenvalue weighted by Crippen LogP contribution is -2.25. The van der Waals surface area contributed by atoms with Crippen molar-refractivity contribution in [1.82, 2.24) is 5.32 Å². The lowest BCUT2D eigenvalue weighted by atomic mass is 10.2. The Morgan fingerprint density at radius 2 is 2.12 bits per heavy atom. The van der Waals surface area contributed by atoms with E-state index in [9.17, 15) is 0 Å². The first-order chi connectivity index (χ1) is 7.88.